The van der Waals surface area contributed by atoms with Crippen molar-refractivity contribution in [1.82, 2.24) is 19.9 Å². The van der Waals surface area contributed by atoms with Crippen LogP contribution in [0.4, 0.5) is 0 Å². The largest absolute Gasteiger partial charge is 0.355 e. The lowest BCUT2D eigenvalue weighted by atomic mass is 10.3. The molecule has 1 aliphatic heterocycles. The van der Waals surface area contributed by atoms with Crippen molar-refractivity contribution in [3.8, 4) is 0 Å². The number of nitrogens with one attached hydrogen (secondary N) is 4. The minimum Gasteiger partial charge on any atom is -0.355 e. The quantitative estimate of drug-likeness (QED) is 0.342. The van der Waals surface area contributed by atoms with Crippen LogP contribution in [0.3, 0.4) is 0 Å². The average molecular weight is 344 g/mol. The molecular formula is C20H17N4P. The Bertz CT molecular complexity index is 1310. The summed E-state index contributed by atoms with van der Waals surface area (Å²) in [6.07, 6.45) is 6.33. The van der Waals surface area contributed by atoms with Gasteiger partial charge in [-0.3, -0.25) is 0 Å². The summed E-state index contributed by atoms with van der Waals surface area (Å²) in [7, 11) is 2.83. The van der Waals surface area contributed by atoms with Crippen LogP contribution in [0.5, 0.6) is 0 Å². The molecule has 5 rings (SSSR count). The summed E-state index contributed by atoms with van der Waals surface area (Å²) in [5.74, 6) is 0. The van der Waals surface area contributed by atoms with Crippen molar-refractivity contribution in [3.05, 3.63) is 92.7 Å². The van der Waals surface area contributed by atoms with Crippen LogP contribution < -0.4 is 21.4 Å². The van der Waals surface area contributed by atoms with Crippen LogP contribution in [0.25, 0.3) is 23.5 Å². The summed E-state index contributed by atoms with van der Waals surface area (Å²) in [5, 5.41) is 5.39. The van der Waals surface area contributed by atoms with Gasteiger partial charge in [0, 0.05) is 49.5 Å². The molecule has 4 N–H and O–H groups in total. The third kappa shape index (κ3) is 2.71. The topological polar surface area (TPSA) is 63.2 Å². The number of aromatic nitrogens is 4. The Labute approximate surface area is 145 Å². The highest BCUT2D eigenvalue weighted by molar-refractivity contribution is 7.31. The first-order valence-corrected chi connectivity index (χ1v) is 8.74. The highest BCUT2D eigenvalue weighted by Gasteiger charge is 2.02. The van der Waals surface area contributed by atoms with E-state index in [1.54, 1.807) is 0 Å². The van der Waals surface area contributed by atoms with E-state index in [2.05, 4.69) is 95.9 Å². The van der Waals surface area contributed by atoms with Crippen molar-refractivity contribution >= 4 is 32.8 Å². The normalized spacial score (nSPS) is 13.1. The molecule has 0 saturated carbocycles. The van der Waals surface area contributed by atoms with E-state index in [1.165, 1.54) is 0 Å². The maximum Gasteiger partial charge on any atom is 0.0478 e. The summed E-state index contributed by atoms with van der Waals surface area (Å²) in [6, 6.07) is 16.7. The molecule has 4 nitrogen and oxygen atoms in total. The van der Waals surface area contributed by atoms with Gasteiger partial charge in [-0.15, -0.1) is 9.24 Å². The molecule has 0 fully saturated rings. The van der Waals surface area contributed by atoms with E-state index in [0.717, 1.165) is 49.5 Å². The lowest BCUT2D eigenvalue weighted by Crippen LogP contribution is -2.12. The van der Waals surface area contributed by atoms with E-state index < -0.39 is 0 Å². The van der Waals surface area contributed by atoms with Crippen LogP contribution in [-0.4, -0.2) is 19.9 Å². The molecule has 0 saturated heterocycles. The van der Waals surface area contributed by atoms with Gasteiger partial charge in [-0.05, 0) is 66.8 Å². The average Bonchev–Trinajstić information content (AvgIpc) is 3.36. The van der Waals surface area contributed by atoms with Gasteiger partial charge < -0.3 is 19.9 Å². The fraction of sp³-hybridized carbons (Fsp3) is 0. The molecule has 122 valence electrons. The third-order valence-corrected chi connectivity index (χ3v) is 5.01. The summed E-state index contributed by atoms with van der Waals surface area (Å²) in [4.78, 5) is 13.8. The number of hydrogen-bond acceptors (Lipinski definition) is 0. The summed E-state index contributed by atoms with van der Waals surface area (Å²) < 4.78 is 0. The Morgan fingerprint density at radius 1 is 0.520 bits per heavy atom. The molecule has 0 spiro atoms. The molecule has 1 unspecified atom stereocenters. The zero-order valence-electron chi connectivity index (χ0n) is 13.4. The summed E-state index contributed by atoms with van der Waals surface area (Å²) in [6.45, 7) is 0. The molecule has 1 atom stereocenters. The first-order valence-electron chi connectivity index (χ1n) is 8.16. The van der Waals surface area contributed by atoms with Crippen LogP contribution in [0.1, 0.15) is 22.8 Å². The smallest absolute Gasteiger partial charge is 0.0478 e. The predicted molar refractivity (Wildman–Crippen MR) is 105 cm³/mol. The SMILES string of the molecule is PC1=c2ccc([nH]2)=Cc2ccc([nH]2)C=c2ccc([nH]2)=Cc2ccc1[nH]2. The van der Waals surface area contributed by atoms with Gasteiger partial charge in [0.05, 0.1) is 0 Å². The Morgan fingerprint density at radius 3 is 1.80 bits per heavy atom. The van der Waals surface area contributed by atoms with Crippen LogP contribution in [0.15, 0.2) is 48.5 Å². The molecular weight excluding hydrogens is 327 g/mol. The van der Waals surface area contributed by atoms with Crippen LogP contribution >= 0.6 is 9.24 Å². The van der Waals surface area contributed by atoms with Crippen LogP contribution in [0.2, 0.25) is 0 Å². The molecule has 1 aliphatic rings. The first kappa shape index (κ1) is 14.4. The number of fused-ring (bicyclic) bond motifs is 8. The summed E-state index contributed by atoms with van der Waals surface area (Å²) >= 11 is 0. The van der Waals surface area contributed by atoms with Crippen molar-refractivity contribution < 1.29 is 0 Å². The van der Waals surface area contributed by atoms with Gasteiger partial charge in [0.15, 0.2) is 0 Å². The number of aromatic amines is 4. The number of H-pyrrole nitrogens is 4. The van der Waals surface area contributed by atoms with Crippen LogP contribution in [-0.2, 0) is 0 Å². The molecule has 5 heteroatoms. The third-order valence-electron chi connectivity index (χ3n) is 4.39. The molecule has 5 heterocycles. The molecule has 25 heavy (non-hydrogen) atoms. The van der Waals surface area contributed by atoms with Gasteiger partial charge >= 0.3 is 0 Å². The highest BCUT2D eigenvalue weighted by atomic mass is 31.0. The zero-order valence-corrected chi connectivity index (χ0v) is 14.6. The molecule has 0 amide bonds. The first-order chi connectivity index (χ1) is 12.2. The van der Waals surface area contributed by atoms with Crippen molar-refractivity contribution in [1.29, 1.82) is 0 Å². The second-order valence-electron chi connectivity index (χ2n) is 6.24. The minimum absolute atomic E-state index is 1.07. The van der Waals surface area contributed by atoms with Crippen molar-refractivity contribution in [3.63, 3.8) is 0 Å². The van der Waals surface area contributed by atoms with Crippen LogP contribution in [0, 0.1) is 0 Å². The Balaban J connectivity index is 1.82. The second kappa shape index (κ2) is 5.54. The lowest BCUT2D eigenvalue weighted by molar-refractivity contribution is 1.23. The van der Waals surface area contributed by atoms with Gasteiger partial charge in [0.1, 0.15) is 0 Å². The Morgan fingerprint density at radius 2 is 1.08 bits per heavy atom. The van der Waals surface area contributed by atoms with Crippen molar-refractivity contribution in [2.45, 2.75) is 0 Å². The number of hydrogen-bond donors (Lipinski definition) is 4. The molecule has 4 aromatic heterocycles. The van der Waals surface area contributed by atoms with E-state index in [-0.39, 0.29) is 0 Å². The van der Waals surface area contributed by atoms with Crippen molar-refractivity contribution in [2.24, 2.45) is 0 Å². The molecule has 4 aromatic rings. The molecule has 0 radical (unpaired) electrons. The molecule has 0 aromatic carbocycles. The fourth-order valence-corrected chi connectivity index (χ4v) is 3.49. The van der Waals surface area contributed by atoms with Gasteiger partial charge in [-0.2, -0.15) is 0 Å². The monoisotopic (exact) mass is 344 g/mol. The maximum absolute atomic E-state index is 3.46. The Hall–Kier alpha value is -2.97. The second-order valence-corrected chi connectivity index (χ2v) is 6.82. The standard InChI is InChI=1S/C20H17N4P/c25-20-18-7-5-16(23-18)10-14-3-1-12(21-14)9-13-2-4-15(22-13)11-17-6-8-19(20)24-17/h1-11,21-24H,25H2. The maximum atomic E-state index is 3.46. The lowest BCUT2D eigenvalue weighted by Gasteiger charge is -1.95. The van der Waals surface area contributed by atoms with E-state index in [0.29, 0.717) is 0 Å². The van der Waals surface area contributed by atoms with Gasteiger partial charge in [-0.25, -0.2) is 0 Å². The predicted octanol–water partition coefficient (Wildman–Crippen LogP) is 0.830. The minimum atomic E-state index is 1.07. The number of rotatable bonds is 0. The van der Waals surface area contributed by atoms with E-state index in [9.17, 15) is 0 Å². The molecule has 0 aliphatic carbocycles. The van der Waals surface area contributed by atoms with Gasteiger partial charge in [-0.1, -0.05) is 0 Å². The Kier molecular flexibility index (Phi) is 3.19. The highest BCUT2D eigenvalue weighted by Crippen LogP contribution is 2.17. The van der Waals surface area contributed by atoms with E-state index in [1.807, 2.05) is 0 Å². The zero-order chi connectivity index (χ0) is 16.8. The van der Waals surface area contributed by atoms with Gasteiger partial charge in [0.25, 0.3) is 0 Å². The van der Waals surface area contributed by atoms with Crippen molar-refractivity contribution in [2.75, 3.05) is 0 Å². The van der Waals surface area contributed by atoms with E-state index in [4.69, 9.17) is 0 Å². The molecule has 8 bridgehead atoms. The fourth-order valence-electron chi connectivity index (χ4n) is 3.15. The van der Waals surface area contributed by atoms with Gasteiger partial charge in [0.2, 0.25) is 0 Å². The summed E-state index contributed by atoms with van der Waals surface area (Å²) in [5.41, 5.74) is 4.28. The van der Waals surface area contributed by atoms with E-state index >= 15 is 0 Å².